The molecule has 8 heteroatoms. The van der Waals surface area contributed by atoms with E-state index in [-0.39, 0.29) is 5.91 Å². The molecule has 29 heavy (non-hydrogen) atoms. The van der Waals surface area contributed by atoms with Crippen molar-refractivity contribution in [1.82, 2.24) is 9.88 Å². The fourth-order valence-corrected chi connectivity index (χ4v) is 4.89. The number of morpholine rings is 1. The summed E-state index contributed by atoms with van der Waals surface area (Å²) in [5.41, 5.74) is 2.34. The van der Waals surface area contributed by atoms with E-state index in [0.717, 1.165) is 35.4 Å². The number of hydrogen-bond donors (Lipinski definition) is 0. The van der Waals surface area contributed by atoms with E-state index in [9.17, 15) is 4.79 Å². The van der Waals surface area contributed by atoms with Gasteiger partial charge in [0.1, 0.15) is 0 Å². The minimum atomic E-state index is -0.156. The second-order valence-electron chi connectivity index (χ2n) is 6.93. The summed E-state index contributed by atoms with van der Waals surface area (Å²) in [5, 5.41) is 1.71. The summed E-state index contributed by atoms with van der Waals surface area (Å²) in [6.07, 6.45) is 0. The van der Waals surface area contributed by atoms with Gasteiger partial charge in [0.2, 0.25) is 0 Å². The number of amides is 1. The van der Waals surface area contributed by atoms with E-state index in [0.29, 0.717) is 40.5 Å². The van der Waals surface area contributed by atoms with Crippen LogP contribution in [0.1, 0.15) is 15.9 Å². The number of halogens is 2. The second kappa shape index (κ2) is 8.98. The maximum atomic E-state index is 13.4. The first-order valence-corrected chi connectivity index (χ1v) is 11.0. The number of carbonyl (C=O) groups excluding carboxylic acids is 1. The van der Waals surface area contributed by atoms with Crippen LogP contribution in [0, 0.1) is 6.92 Å². The van der Waals surface area contributed by atoms with Gasteiger partial charge in [-0.1, -0.05) is 52.7 Å². The number of hydrogen-bond acceptors (Lipinski definition) is 5. The first-order valence-electron chi connectivity index (χ1n) is 9.47. The maximum Gasteiger partial charge on any atom is 0.261 e. The predicted molar refractivity (Wildman–Crippen MR) is 120 cm³/mol. The minimum Gasteiger partial charge on any atom is -0.379 e. The molecular formula is C21H21Cl2N3O2S. The van der Waals surface area contributed by atoms with Crippen LogP contribution in [0.25, 0.3) is 10.2 Å². The number of nitrogens with zero attached hydrogens (tertiary/aromatic N) is 3. The molecule has 1 amide bonds. The third kappa shape index (κ3) is 4.42. The normalized spacial score (nSPS) is 15.0. The molecule has 0 radical (unpaired) electrons. The molecule has 3 aromatic rings. The molecule has 0 N–H and O–H groups in total. The fraction of sp³-hybridized carbons (Fsp3) is 0.333. The zero-order chi connectivity index (χ0) is 20.4. The number of thiazole rings is 1. The molecular weight excluding hydrogens is 429 g/mol. The highest BCUT2D eigenvalue weighted by molar-refractivity contribution is 7.23. The average Bonchev–Trinajstić information content (AvgIpc) is 3.18. The van der Waals surface area contributed by atoms with Crippen molar-refractivity contribution in [2.24, 2.45) is 0 Å². The van der Waals surface area contributed by atoms with Crippen LogP contribution in [0.4, 0.5) is 5.13 Å². The Morgan fingerprint density at radius 1 is 1.17 bits per heavy atom. The quantitative estimate of drug-likeness (QED) is 0.555. The van der Waals surface area contributed by atoms with Crippen molar-refractivity contribution in [3.8, 4) is 0 Å². The number of carbonyl (C=O) groups is 1. The summed E-state index contributed by atoms with van der Waals surface area (Å²) in [6, 6.07) is 10.9. The average molecular weight is 450 g/mol. The SMILES string of the molecule is Cc1ccc(Cl)c2sc(N(CCN3CCOCC3)C(=O)c3ccccc3Cl)nc12. The lowest BCUT2D eigenvalue weighted by Gasteiger charge is -2.29. The highest BCUT2D eigenvalue weighted by Crippen LogP contribution is 2.36. The van der Waals surface area contributed by atoms with Crippen LogP contribution in [-0.4, -0.2) is 55.2 Å². The van der Waals surface area contributed by atoms with E-state index in [1.807, 2.05) is 31.2 Å². The van der Waals surface area contributed by atoms with Gasteiger partial charge in [-0.05, 0) is 30.7 Å². The van der Waals surface area contributed by atoms with Gasteiger partial charge in [-0.2, -0.15) is 0 Å². The van der Waals surface area contributed by atoms with Crippen LogP contribution in [0.2, 0.25) is 10.0 Å². The molecule has 1 fully saturated rings. The summed E-state index contributed by atoms with van der Waals surface area (Å²) < 4.78 is 6.32. The van der Waals surface area contributed by atoms with E-state index in [1.54, 1.807) is 17.0 Å². The third-order valence-corrected chi connectivity index (χ3v) is 6.88. The Morgan fingerprint density at radius 2 is 1.93 bits per heavy atom. The fourth-order valence-electron chi connectivity index (χ4n) is 3.34. The Morgan fingerprint density at radius 3 is 2.66 bits per heavy atom. The first kappa shape index (κ1) is 20.6. The van der Waals surface area contributed by atoms with Crippen LogP contribution < -0.4 is 4.90 Å². The van der Waals surface area contributed by atoms with E-state index in [1.165, 1.54) is 11.3 Å². The zero-order valence-corrected chi connectivity index (χ0v) is 18.4. The van der Waals surface area contributed by atoms with Crippen LogP contribution in [-0.2, 0) is 4.74 Å². The molecule has 2 aromatic carbocycles. The van der Waals surface area contributed by atoms with Crippen LogP contribution in [0.3, 0.4) is 0 Å². The molecule has 1 aromatic heterocycles. The largest absolute Gasteiger partial charge is 0.379 e. The molecule has 1 aliphatic heterocycles. The van der Waals surface area contributed by atoms with E-state index in [4.69, 9.17) is 32.9 Å². The smallest absolute Gasteiger partial charge is 0.261 e. The Bertz CT molecular complexity index is 995. The molecule has 2 heterocycles. The lowest BCUT2D eigenvalue weighted by atomic mass is 10.2. The first-order chi connectivity index (χ1) is 14.0. The number of aryl methyl sites for hydroxylation is 1. The zero-order valence-electron chi connectivity index (χ0n) is 16.0. The monoisotopic (exact) mass is 449 g/mol. The molecule has 0 bridgehead atoms. The van der Waals surface area contributed by atoms with Crippen molar-refractivity contribution >= 4 is 55.8 Å². The lowest BCUT2D eigenvalue weighted by Crippen LogP contribution is -2.43. The molecule has 0 aliphatic carbocycles. The van der Waals surface area contributed by atoms with Crippen molar-refractivity contribution in [2.75, 3.05) is 44.3 Å². The Labute approximate surface area is 183 Å². The molecule has 152 valence electrons. The lowest BCUT2D eigenvalue weighted by molar-refractivity contribution is 0.0391. The van der Waals surface area contributed by atoms with Crippen molar-refractivity contribution in [3.63, 3.8) is 0 Å². The van der Waals surface area contributed by atoms with Crippen molar-refractivity contribution in [2.45, 2.75) is 6.92 Å². The number of anilines is 1. The highest BCUT2D eigenvalue weighted by atomic mass is 35.5. The van der Waals surface area contributed by atoms with Crippen molar-refractivity contribution < 1.29 is 9.53 Å². The molecule has 0 saturated carbocycles. The van der Waals surface area contributed by atoms with Gasteiger partial charge < -0.3 is 4.74 Å². The van der Waals surface area contributed by atoms with Gasteiger partial charge in [0.25, 0.3) is 5.91 Å². The summed E-state index contributed by atoms with van der Waals surface area (Å²) in [6.45, 7) is 6.40. The van der Waals surface area contributed by atoms with Gasteiger partial charge in [0.05, 0.1) is 39.0 Å². The third-order valence-electron chi connectivity index (χ3n) is 5.01. The molecule has 1 saturated heterocycles. The van der Waals surface area contributed by atoms with Crippen LogP contribution >= 0.6 is 34.5 Å². The Kier molecular flexibility index (Phi) is 6.37. The van der Waals surface area contributed by atoms with Gasteiger partial charge in [-0.3, -0.25) is 14.6 Å². The van der Waals surface area contributed by atoms with E-state index >= 15 is 0 Å². The van der Waals surface area contributed by atoms with Gasteiger partial charge in [0.15, 0.2) is 5.13 Å². The summed E-state index contributed by atoms with van der Waals surface area (Å²) in [4.78, 5) is 22.2. The summed E-state index contributed by atoms with van der Waals surface area (Å²) in [5.74, 6) is -0.156. The number of ether oxygens (including phenoxy) is 1. The maximum absolute atomic E-state index is 13.4. The standard InChI is InChI=1S/C21H21Cl2N3O2S/c1-14-6-7-17(23)19-18(14)24-21(29-19)26(9-8-25-10-12-28-13-11-25)20(27)15-4-2-3-5-16(15)22/h2-7H,8-13H2,1H3. The number of rotatable bonds is 5. The second-order valence-corrected chi connectivity index (χ2v) is 8.72. The number of fused-ring (bicyclic) bond motifs is 1. The number of aromatic nitrogens is 1. The molecule has 0 spiro atoms. The van der Waals surface area contributed by atoms with Crippen LogP contribution in [0.5, 0.6) is 0 Å². The van der Waals surface area contributed by atoms with Gasteiger partial charge >= 0.3 is 0 Å². The van der Waals surface area contributed by atoms with E-state index < -0.39 is 0 Å². The highest BCUT2D eigenvalue weighted by Gasteiger charge is 2.25. The Balaban J connectivity index is 1.69. The van der Waals surface area contributed by atoms with Gasteiger partial charge in [-0.15, -0.1) is 0 Å². The topological polar surface area (TPSA) is 45.7 Å². The predicted octanol–water partition coefficient (Wildman–Crippen LogP) is 4.89. The summed E-state index contributed by atoms with van der Waals surface area (Å²) >= 11 is 14.1. The molecule has 0 unspecified atom stereocenters. The van der Waals surface area contributed by atoms with Gasteiger partial charge in [-0.25, -0.2) is 4.98 Å². The molecule has 1 aliphatic rings. The number of benzene rings is 2. The van der Waals surface area contributed by atoms with E-state index in [2.05, 4.69) is 4.90 Å². The van der Waals surface area contributed by atoms with Crippen molar-refractivity contribution in [3.05, 3.63) is 57.6 Å². The minimum absolute atomic E-state index is 0.156. The van der Waals surface area contributed by atoms with Crippen LogP contribution in [0.15, 0.2) is 36.4 Å². The molecule has 0 atom stereocenters. The molecule has 5 nitrogen and oxygen atoms in total. The summed E-state index contributed by atoms with van der Waals surface area (Å²) in [7, 11) is 0. The molecule has 4 rings (SSSR count). The Hall–Kier alpha value is -1.70. The van der Waals surface area contributed by atoms with Crippen molar-refractivity contribution in [1.29, 1.82) is 0 Å². The van der Waals surface area contributed by atoms with Gasteiger partial charge in [0, 0.05) is 26.2 Å².